The minimum atomic E-state index is -0.153. The molecule has 3 rings (SSSR count). The Labute approximate surface area is 144 Å². The molecule has 2 aromatic heterocycles. The number of nitrogens with one attached hydrogen (secondary N) is 1. The maximum Gasteiger partial charge on any atom is 0.262 e. The number of thiophene rings is 1. The molecule has 1 amide bonds. The molecule has 0 aliphatic carbocycles. The Kier molecular flexibility index (Phi) is 4.49. The molecule has 0 bridgehead atoms. The summed E-state index contributed by atoms with van der Waals surface area (Å²) in [7, 11) is 0. The van der Waals surface area contributed by atoms with Gasteiger partial charge in [-0.2, -0.15) is 0 Å². The van der Waals surface area contributed by atoms with Gasteiger partial charge in [-0.1, -0.05) is 30.3 Å². The number of amides is 1. The van der Waals surface area contributed by atoms with Gasteiger partial charge in [-0.15, -0.1) is 11.3 Å². The lowest BCUT2D eigenvalue weighted by Gasteiger charge is -2.07. The van der Waals surface area contributed by atoms with Gasteiger partial charge in [-0.3, -0.25) is 14.2 Å². The van der Waals surface area contributed by atoms with E-state index in [1.807, 2.05) is 51.1 Å². The summed E-state index contributed by atoms with van der Waals surface area (Å²) in [5.41, 5.74) is 1.63. The monoisotopic (exact) mass is 341 g/mol. The zero-order valence-electron chi connectivity index (χ0n) is 13.9. The molecule has 0 atom stereocenters. The number of nitrogens with zero attached hydrogens (tertiary/aromatic N) is 2. The first-order valence-electron chi connectivity index (χ1n) is 7.80. The molecule has 0 aliphatic rings. The number of aryl methyl sites for hydroxylation is 1. The summed E-state index contributed by atoms with van der Waals surface area (Å²) in [6.45, 7) is 6.09. The van der Waals surface area contributed by atoms with Crippen LogP contribution in [-0.4, -0.2) is 21.5 Å². The SMILES string of the molecule is Cc1c(C(=O)NC(C)C)sc2ncn(Cc3ccccc3)c(=O)c12. The van der Waals surface area contributed by atoms with Crippen LogP contribution in [0, 0.1) is 6.92 Å². The third-order valence-electron chi connectivity index (χ3n) is 3.74. The van der Waals surface area contributed by atoms with Gasteiger partial charge >= 0.3 is 0 Å². The van der Waals surface area contributed by atoms with Gasteiger partial charge < -0.3 is 5.32 Å². The molecular formula is C18H19N3O2S. The molecule has 5 nitrogen and oxygen atoms in total. The number of hydrogen-bond acceptors (Lipinski definition) is 4. The standard InChI is InChI=1S/C18H19N3O2S/c1-11(2)20-16(22)15-12(3)14-17(24-15)19-10-21(18(14)23)9-13-7-5-4-6-8-13/h4-8,10-11H,9H2,1-3H3,(H,20,22). The second-order valence-electron chi connectivity index (χ2n) is 6.03. The van der Waals surface area contributed by atoms with Crippen molar-refractivity contribution in [1.82, 2.24) is 14.9 Å². The van der Waals surface area contributed by atoms with Crippen LogP contribution < -0.4 is 10.9 Å². The molecule has 3 aromatic rings. The lowest BCUT2D eigenvalue weighted by atomic mass is 10.2. The fourth-order valence-electron chi connectivity index (χ4n) is 2.60. The van der Waals surface area contributed by atoms with E-state index in [4.69, 9.17) is 0 Å². The number of carbonyl (C=O) groups is 1. The molecule has 1 N–H and O–H groups in total. The first-order chi connectivity index (χ1) is 11.5. The zero-order chi connectivity index (χ0) is 17.3. The quantitative estimate of drug-likeness (QED) is 0.793. The summed E-state index contributed by atoms with van der Waals surface area (Å²) in [5.74, 6) is -0.153. The van der Waals surface area contributed by atoms with E-state index in [9.17, 15) is 9.59 Å². The molecule has 0 saturated heterocycles. The molecule has 1 aromatic carbocycles. The smallest absolute Gasteiger partial charge is 0.262 e. The number of hydrogen-bond donors (Lipinski definition) is 1. The summed E-state index contributed by atoms with van der Waals surface area (Å²) >= 11 is 1.27. The maximum absolute atomic E-state index is 12.8. The van der Waals surface area contributed by atoms with Crippen LogP contribution in [0.2, 0.25) is 0 Å². The van der Waals surface area contributed by atoms with Crippen molar-refractivity contribution in [1.29, 1.82) is 0 Å². The van der Waals surface area contributed by atoms with E-state index in [1.165, 1.54) is 11.3 Å². The third kappa shape index (κ3) is 3.10. The van der Waals surface area contributed by atoms with E-state index >= 15 is 0 Å². The van der Waals surface area contributed by atoms with Crippen molar-refractivity contribution < 1.29 is 4.79 Å². The highest BCUT2D eigenvalue weighted by atomic mass is 32.1. The van der Waals surface area contributed by atoms with Gasteiger partial charge in [0.05, 0.1) is 23.1 Å². The highest BCUT2D eigenvalue weighted by molar-refractivity contribution is 7.20. The van der Waals surface area contributed by atoms with Crippen LogP contribution in [0.15, 0.2) is 41.5 Å². The molecule has 124 valence electrons. The van der Waals surface area contributed by atoms with Gasteiger partial charge in [0.15, 0.2) is 0 Å². The second-order valence-corrected chi connectivity index (χ2v) is 7.03. The number of fused-ring (bicyclic) bond motifs is 1. The first-order valence-corrected chi connectivity index (χ1v) is 8.62. The lowest BCUT2D eigenvalue weighted by Crippen LogP contribution is -2.30. The average molecular weight is 341 g/mol. The Morgan fingerprint density at radius 1 is 1.29 bits per heavy atom. The van der Waals surface area contributed by atoms with E-state index in [-0.39, 0.29) is 17.5 Å². The largest absolute Gasteiger partial charge is 0.349 e. The predicted octanol–water partition coefficient (Wildman–Crippen LogP) is 2.95. The zero-order valence-corrected chi connectivity index (χ0v) is 14.7. The molecule has 0 fully saturated rings. The van der Waals surface area contributed by atoms with Crippen LogP contribution in [0.5, 0.6) is 0 Å². The Balaban J connectivity index is 2.04. The van der Waals surface area contributed by atoms with E-state index in [1.54, 1.807) is 10.9 Å². The summed E-state index contributed by atoms with van der Waals surface area (Å²) in [6.07, 6.45) is 1.55. The maximum atomic E-state index is 12.8. The van der Waals surface area contributed by atoms with Crippen molar-refractivity contribution in [2.24, 2.45) is 0 Å². The molecule has 0 unspecified atom stereocenters. The predicted molar refractivity (Wildman–Crippen MR) is 96.8 cm³/mol. The summed E-state index contributed by atoms with van der Waals surface area (Å²) in [5, 5.41) is 3.40. The molecular weight excluding hydrogens is 322 g/mol. The molecule has 24 heavy (non-hydrogen) atoms. The summed E-state index contributed by atoms with van der Waals surface area (Å²) < 4.78 is 1.58. The minimum absolute atomic E-state index is 0.0461. The highest BCUT2D eigenvalue weighted by Gasteiger charge is 2.19. The van der Waals surface area contributed by atoms with E-state index in [2.05, 4.69) is 10.3 Å². The lowest BCUT2D eigenvalue weighted by molar-refractivity contribution is 0.0947. The van der Waals surface area contributed by atoms with Crippen molar-refractivity contribution in [3.8, 4) is 0 Å². The Morgan fingerprint density at radius 2 is 2.00 bits per heavy atom. The molecule has 0 saturated carbocycles. The van der Waals surface area contributed by atoms with Crippen LogP contribution in [0.3, 0.4) is 0 Å². The fraction of sp³-hybridized carbons (Fsp3) is 0.278. The van der Waals surface area contributed by atoms with Crippen LogP contribution in [0.1, 0.15) is 34.6 Å². The van der Waals surface area contributed by atoms with Crippen LogP contribution in [0.25, 0.3) is 10.2 Å². The van der Waals surface area contributed by atoms with Gasteiger partial charge in [0, 0.05) is 6.04 Å². The van der Waals surface area contributed by atoms with Gasteiger partial charge in [-0.25, -0.2) is 4.98 Å². The van der Waals surface area contributed by atoms with Gasteiger partial charge in [0.2, 0.25) is 0 Å². The Bertz CT molecular complexity index is 942. The second kappa shape index (κ2) is 6.57. The number of rotatable bonds is 4. The number of carbonyl (C=O) groups excluding carboxylic acids is 1. The average Bonchev–Trinajstić information content (AvgIpc) is 2.88. The number of aromatic nitrogens is 2. The molecule has 0 spiro atoms. The van der Waals surface area contributed by atoms with Gasteiger partial charge in [0.1, 0.15) is 4.83 Å². The van der Waals surface area contributed by atoms with Crippen molar-refractivity contribution in [2.45, 2.75) is 33.4 Å². The van der Waals surface area contributed by atoms with Crippen LogP contribution in [0.4, 0.5) is 0 Å². The van der Waals surface area contributed by atoms with Crippen molar-refractivity contribution in [3.05, 3.63) is 63.0 Å². The molecule has 0 aliphatic heterocycles. The topological polar surface area (TPSA) is 64.0 Å². The van der Waals surface area contributed by atoms with Crippen molar-refractivity contribution in [2.75, 3.05) is 0 Å². The van der Waals surface area contributed by atoms with Crippen molar-refractivity contribution >= 4 is 27.5 Å². The number of benzene rings is 1. The minimum Gasteiger partial charge on any atom is -0.349 e. The summed E-state index contributed by atoms with van der Waals surface area (Å²) in [4.78, 5) is 30.7. The van der Waals surface area contributed by atoms with Crippen LogP contribution in [-0.2, 0) is 6.54 Å². The van der Waals surface area contributed by atoms with E-state index in [0.717, 1.165) is 5.56 Å². The molecule has 0 radical (unpaired) electrons. The first kappa shape index (κ1) is 16.4. The van der Waals surface area contributed by atoms with E-state index in [0.29, 0.717) is 27.2 Å². The molecule has 2 heterocycles. The van der Waals surface area contributed by atoms with Gasteiger partial charge in [-0.05, 0) is 31.9 Å². The Morgan fingerprint density at radius 3 is 2.67 bits per heavy atom. The van der Waals surface area contributed by atoms with E-state index < -0.39 is 0 Å². The fourth-order valence-corrected chi connectivity index (χ4v) is 3.64. The molecule has 6 heteroatoms. The normalized spacial score (nSPS) is 11.2. The Hall–Kier alpha value is -2.47. The third-order valence-corrected chi connectivity index (χ3v) is 4.94. The van der Waals surface area contributed by atoms with Crippen LogP contribution >= 0.6 is 11.3 Å². The van der Waals surface area contributed by atoms with Crippen molar-refractivity contribution in [3.63, 3.8) is 0 Å². The summed E-state index contributed by atoms with van der Waals surface area (Å²) in [6, 6.07) is 9.81. The van der Waals surface area contributed by atoms with Gasteiger partial charge in [0.25, 0.3) is 11.5 Å². The highest BCUT2D eigenvalue weighted by Crippen LogP contribution is 2.26.